The van der Waals surface area contributed by atoms with Gasteiger partial charge in [0.25, 0.3) is 5.91 Å². The van der Waals surface area contributed by atoms with Crippen LogP contribution >= 0.6 is 0 Å². The quantitative estimate of drug-likeness (QED) is 0.195. The second kappa shape index (κ2) is 12.2. The van der Waals surface area contributed by atoms with Crippen molar-refractivity contribution in [2.24, 2.45) is 5.73 Å². The molecule has 2 aromatic heterocycles. The zero-order valence-electron chi connectivity index (χ0n) is 22.0. The number of amides is 2. The van der Waals surface area contributed by atoms with Crippen molar-refractivity contribution in [1.29, 1.82) is 5.26 Å². The first kappa shape index (κ1) is 27.8. The number of carbonyl (C=O) groups excluding carboxylic acids is 2. The van der Waals surface area contributed by atoms with E-state index in [2.05, 4.69) is 21.7 Å². The van der Waals surface area contributed by atoms with Gasteiger partial charge in [0.15, 0.2) is 11.6 Å². The van der Waals surface area contributed by atoms with Crippen LogP contribution in [0.2, 0.25) is 0 Å². The summed E-state index contributed by atoms with van der Waals surface area (Å²) in [5, 5.41) is 26.0. The monoisotopic (exact) mass is 561 g/mol. The van der Waals surface area contributed by atoms with E-state index in [1.807, 2.05) is 30.3 Å². The number of carbonyl (C=O) groups is 2. The molecule has 2 amide bonds. The Morgan fingerprint density at radius 3 is 2.50 bits per heavy atom. The van der Waals surface area contributed by atoms with Gasteiger partial charge in [0.1, 0.15) is 23.2 Å². The highest BCUT2D eigenvalue weighted by Crippen LogP contribution is 2.36. The van der Waals surface area contributed by atoms with Gasteiger partial charge >= 0.3 is 0 Å². The fourth-order valence-electron chi connectivity index (χ4n) is 4.37. The molecule has 0 spiro atoms. The molecule has 0 aliphatic heterocycles. The summed E-state index contributed by atoms with van der Waals surface area (Å²) in [4.78, 5) is 30.1. The molecule has 42 heavy (non-hydrogen) atoms. The van der Waals surface area contributed by atoms with Gasteiger partial charge in [-0.05, 0) is 60.0 Å². The number of aromatic hydroxyl groups is 1. The molecule has 0 radical (unpaired) electrons. The van der Waals surface area contributed by atoms with Crippen LogP contribution in [-0.2, 0) is 11.2 Å². The van der Waals surface area contributed by atoms with Gasteiger partial charge in [-0.15, -0.1) is 0 Å². The molecule has 0 bridgehead atoms. The maximum absolute atomic E-state index is 13.7. The molecule has 0 unspecified atom stereocenters. The summed E-state index contributed by atoms with van der Waals surface area (Å²) in [6, 6.07) is 25.4. The maximum Gasteiger partial charge on any atom is 0.292 e. The van der Waals surface area contributed by atoms with Gasteiger partial charge in [0.05, 0.1) is 18.0 Å². The molecule has 208 valence electrons. The third-order valence-corrected chi connectivity index (χ3v) is 6.42. The van der Waals surface area contributed by atoms with Crippen LogP contribution in [0.4, 0.5) is 15.9 Å². The lowest BCUT2D eigenvalue weighted by molar-refractivity contribution is -0.117. The molecule has 2 heterocycles. The standard InChI is InChI=1S/C32H24FN5O4/c33-21-11-12-23(28(39)16-21)27-17-24(25(18-34)30(37-27)38-32(41)29-10-5-13-42-29)20-8-4-9-22(15-20)36-31(40)26(35)14-19-6-2-1-3-7-19/h1-13,15-17,26,39H,14,35H2,(H,36,40)(H,37,38,41)/t26-/m1/s1. The van der Waals surface area contributed by atoms with Crippen molar-refractivity contribution in [1.82, 2.24) is 4.98 Å². The van der Waals surface area contributed by atoms with Crippen LogP contribution in [0.3, 0.4) is 0 Å². The molecular formula is C32H24FN5O4. The number of nitriles is 1. The van der Waals surface area contributed by atoms with Crippen LogP contribution in [0, 0.1) is 17.1 Å². The van der Waals surface area contributed by atoms with E-state index in [0.29, 0.717) is 23.2 Å². The first-order valence-electron chi connectivity index (χ1n) is 12.8. The fraction of sp³-hybridized carbons (Fsp3) is 0.0625. The number of nitrogens with two attached hydrogens (primary N) is 1. The van der Waals surface area contributed by atoms with Gasteiger partial charge in [-0.1, -0.05) is 42.5 Å². The Morgan fingerprint density at radius 1 is 0.976 bits per heavy atom. The minimum absolute atomic E-state index is 0.00572. The lowest BCUT2D eigenvalue weighted by Gasteiger charge is -2.16. The second-order valence-corrected chi connectivity index (χ2v) is 9.35. The summed E-state index contributed by atoms with van der Waals surface area (Å²) in [6.45, 7) is 0. The van der Waals surface area contributed by atoms with Crippen molar-refractivity contribution in [3.63, 3.8) is 0 Å². The van der Waals surface area contributed by atoms with Gasteiger partial charge in [0.2, 0.25) is 5.91 Å². The van der Waals surface area contributed by atoms with Crippen LogP contribution in [-0.4, -0.2) is 27.9 Å². The average Bonchev–Trinajstić information content (AvgIpc) is 3.53. The van der Waals surface area contributed by atoms with Gasteiger partial charge < -0.3 is 25.9 Å². The third-order valence-electron chi connectivity index (χ3n) is 6.42. The zero-order chi connectivity index (χ0) is 29.6. The van der Waals surface area contributed by atoms with Crippen LogP contribution < -0.4 is 16.4 Å². The Bertz CT molecular complexity index is 1800. The Labute approximate surface area is 240 Å². The van der Waals surface area contributed by atoms with E-state index in [9.17, 15) is 24.3 Å². The van der Waals surface area contributed by atoms with Crippen molar-refractivity contribution in [2.75, 3.05) is 10.6 Å². The summed E-state index contributed by atoms with van der Waals surface area (Å²) < 4.78 is 18.9. The third kappa shape index (κ3) is 6.17. The number of phenolic OH excluding ortho intramolecular Hbond substituents is 1. The van der Waals surface area contributed by atoms with E-state index < -0.39 is 23.7 Å². The van der Waals surface area contributed by atoms with E-state index in [-0.39, 0.29) is 34.1 Å². The minimum atomic E-state index is -0.803. The highest BCUT2D eigenvalue weighted by atomic mass is 19.1. The molecule has 10 heteroatoms. The number of pyridine rings is 1. The normalized spacial score (nSPS) is 11.4. The van der Waals surface area contributed by atoms with E-state index in [4.69, 9.17) is 10.2 Å². The Balaban J connectivity index is 1.53. The molecule has 5 N–H and O–H groups in total. The predicted octanol–water partition coefficient (Wildman–Crippen LogP) is 5.49. The number of halogens is 1. The Hall–Kier alpha value is -5.79. The number of anilines is 2. The molecule has 0 aliphatic rings. The molecule has 5 rings (SSSR count). The molecule has 0 fully saturated rings. The number of rotatable bonds is 8. The number of nitrogens with one attached hydrogen (secondary N) is 2. The molecule has 3 aromatic carbocycles. The van der Waals surface area contributed by atoms with Gasteiger partial charge in [0, 0.05) is 22.9 Å². The largest absolute Gasteiger partial charge is 0.507 e. The molecular weight excluding hydrogens is 537 g/mol. The second-order valence-electron chi connectivity index (χ2n) is 9.35. The van der Waals surface area contributed by atoms with Gasteiger partial charge in [-0.2, -0.15) is 5.26 Å². The van der Waals surface area contributed by atoms with Crippen molar-refractivity contribution in [3.05, 3.63) is 120 Å². The zero-order valence-corrected chi connectivity index (χ0v) is 22.0. The predicted molar refractivity (Wildman–Crippen MR) is 155 cm³/mol. The van der Waals surface area contributed by atoms with E-state index >= 15 is 0 Å². The molecule has 0 saturated carbocycles. The molecule has 1 atom stereocenters. The number of hydrogen-bond donors (Lipinski definition) is 4. The molecule has 9 nitrogen and oxygen atoms in total. The van der Waals surface area contributed by atoms with Gasteiger partial charge in [-0.3, -0.25) is 9.59 Å². The number of benzene rings is 3. The summed E-state index contributed by atoms with van der Waals surface area (Å²) >= 11 is 0. The first-order valence-corrected chi connectivity index (χ1v) is 12.8. The van der Waals surface area contributed by atoms with Crippen LogP contribution in [0.15, 0.2) is 102 Å². The van der Waals surface area contributed by atoms with Crippen molar-refractivity contribution in [2.45, 2.75) is 12.5 Å². The average molecular weight is 562 g/mol. The number of furan rings is 1. The fourth-order valence-corrected chi connectivity index (χ4v) is 4.37. The summed E-state index contributed by atoms with van der Waals surface area (Å²) in [6.07, 6.45) is 1.68. The van der Waals surface area contributed by atoms with Crippen LogP contribution in [0.1, 0.15) is 21.7 Å². The van der Waals surface area contributed by atoms with Crippen molar-refractivity contribution >= 4 is 23.3 Å². The van der Waals surface area contributed by atoms with E-state index in [1.54, 1.807) is 24.3 Å². The van der Waals surface area contributed by atoms with Crippen molar-refractivity contribution in [3.8, 4) is 34.2 Å². The molecule has 0 saturated heterocycles. The highest BCUT2D eigenvalue weighted by Gasteiger charge is 2.21. The Kier molecular flexibility index (Phi) is 8.04. The number of hydrogen-bond acceptors (Lipinski definition) is 7. The lowest BCUT2D eigenvalue weighted by atomic mass is 9.97. The van der Waals surface area contributed by atoms with E-state index in [0.717, 1.165) is 17.7 Å². The first-order chi connectivity index (χ1) is 20.3. The summed E-state index contributed by atoms with van der Waals surface area (Å²) in [7, 11) is 0. The molecule has 0 aliphatic carbocycles. The summed E-state index contributed by atoms with van der Waals surface area (Å²) in [5.41, 5.74) is 8.68. The maximum atomic E-state index is 13.7. The number of aromatic nitrogens is 1. The van der Waals surface area contributed by atoms with Crippen LogP contribution in [0.25, 0.3) is 22.4 Å². The lowest BCUT2D eigenvalue weighted by Crippen LogP contribution is -2.37. The minimum Gasteiger partial charge on any atom is -0.507 e. The van der Waals surface area contributed by atoms with E-state index in [1.165, 1.54) is 30.5 Å². The summed E-state index contributed by atoms with van der Waals surface area (Å²) in [5.74, 6) is -2.18. The van der Waals surface area contributed by atoms with Crippen molar-refractivity contribution < 1.29 is 23.5 Å². The highest BCUT2D eigenvalue weighted by molar-refractivity contribution is 6.03. The SMILES string of the molecule is N#Cc1c(-c2cccc(NC(=O)[C@H](N)Cc3ccccc3)c2)cc(-c2ccc(F)cc2O)nc1NC(=O)c1ccco1. The van der Waals surface area contributed by atoms with Crippen LogP contribution in [0.5, 0.6) is 5.75 Å². The smallest absolute Gasteiger partial charge is 0.292 e. The van der Waals surface area contributed by atoms with Gasteiger partial charge in [-0.25, -0.2) is 9.37 Å². The molecule has 5 aromatic rings. The number of phenols is 1. The Morgan fingerprint density at radius 2 is 1.79 bits per heavy atom. The topological polar surface area (TPSA) is 154 Å². The number of nitrogens with zero attached hydrogens (tertiary/aromatic N) is 2.